The summed E-state index contributed by atoms with van der Waals surface area (Å²) in [5.41, 5.74) is 2.32. The topological polar surface area (TPSA) is 35.2 Å². The number of alkyl halides is 9. The molecule has 0 amide bonds. The maximum absolute atomic E-state index is 13.2. The van der Waals surface area contributed by atoms with E-state index in [1.165, 1.54) is 24.3 Å². The second kappa shape index (κ2) is 6.86. The zero-order valence-electron chi connectivity index (χ0n) is 13.0. The van der Waals surface area contributed by atoms with Gasteiger partial charge in [0.2, 0.25) is 0 Å². The van der Waals surface area contributed by atoms with Gasteiger partial charge in [0.25, 0.3) is 0 Å². The standard InChI is InChI=1S/C16H10F9NO/c17-14(18,19)11-7-8(13(15(20,21)22)16(23,24)25)1-6-12(11)27-10-4-2-9(26)3-5-10/h1-7,13H,26H2. The number of hydrogen-bond acceptors (Lipinski definition) is 2. The molecule has 0 saturated heterocycles. The summed E-state index contributed by atoms with van der Waals surface area (Å²) in [7, 11) is 0. The lowest BCUT2D eigenvalue weighted by Gasteiger charge is -2.24. The van der Waals surface area contributed by atoms with Crippen LogP contribution in [-0.2, 0) is 6.18 Å². The normalized spacial score (nSPS) is 13.1. The molecule has 148 valence electrons. The molecule has 0 fully saturated rings. The first kappa shape index (κ1) is 20.7. The molecule has 2 aromatic carbocycles. The SMILES string of the molecule is Nc1ccc(Oc2ccc(C(C(F)(F)F)C(F)(F)F)cc2C(F)(F)F)cc1. The highest BCUT2D eigenvalue weighted by Crippen LogP contribution is 2.48. The number of rotatable bonds is 3. The molecule has 0 unspecified atom stereocenters. The quantitative estimate of drug-likeness (QED) is 0.483. The average Bonchev–Trinajstić information content (AvgIpc) is 2.47. The van der Waals surface area contributed by atoms with Crippen LogP contribution in [0.4, 0.5) is 45.2 Å². The third kappa shape index (κ3) is 4.98. The predicted octanol–water partition coefficient (Wildman–Crippen LogP) is 6.29. The Morgan fingerprint density at radius 3 is 1.70 bits per heavy atom. The van der Waals surface area contributed by atoms with E-state index in [2.05, 4.69) is 0 Å². The van der Waals surface area contributed by atoms with E-state index >= 15 is 0 Å². The minimum absolute atomic E-state index is 0.134. The van der Waals surface area contributed by atoms with Crippen LogP contribution in [0.2, 0.25) is 0 Å². The fraction of sp³-hybridized carbons (Fsp3) is 0.250. The Bertz CT molecular complexity index is 778. The van der Waals surface area contributed by atoms with Crippen LogP contribution in [0.1, 0.15) is 17.0 Å². The van der Waals surface area contributed by atoms with Gasteiger partial charge in [0.05, 0.1) is 5.56 Å². The fourth-order valence-electron chi connectivity index (χ4n) is 2.26. The minimum atomic E-state index is -5.82. The molecule has 0 aliphatic heterocycles. The summed E-state index contributed by atoms with van der Waals surface area (Å²) < 4.78 is 121. The molecular formula is C16H10F9NO. The third-order valence-electron chi connectivity index (χ3n) is 3.40. The number of ether oxygens (including phenoxy) is 1. The Balaban J connectivity index is 2.54. The Hall–Kier alpha value is -2.59. The number of anilines is 1. The van der Waals surface area contributed by atoms with Crippen LogP contribution in [0.15, 0.2) is 42.5 Å². The summed E-state index contributed by atoms with van der Waals surface area (Å²) in [6, 6.07) is 5.47. The molecular weight excluding hydrogens is 393 g/mol. The van der Waals surface area contributed by atoms with Crippen LogP contribution in [0.5, 0.6) is 11.5 Å². The highest BCUT2D eigenvalue weighted by atomic mass is 19.4. The zero-order chi connectivity index (χ0) is 20.6. The van der Waals surface area contributed by atoms with E-state index in [-0.39, 0.29) is 17.5 Å². The van der Waals surface area contributed by atoms with Gasteiger partial charge in [-0.15, -0.1) is 0 Å². The molecule has 0 aromatic heterocycles. The Morgan fingerprint density at radius 1 is 0.741 bits per heavy atom. The van der Waals surface area contributed by atoms with Crippen LogP contribution < -0.4 is 10.5 Å². The van der Waals surface area contributed by atoms with Crippen molar-refractivity contribution in [3.8, 4) is 11.5 Å². The molecule has 2 aromatic rings. The predicted molar refractivity (Wildman–Crippen MR) is 77.2 cm³/mol. The highest BCUT2D eigenvalue weighted by molar-refractivity contribution is 5.46. The van der Waals surface area contributed by atoms with Crippen LogP contribution in [0.3, 0.4) is 0 Å². The van der Waals surface area contributed by atoms with Crippen LogP contribution in [-0.4, -0.2) is 12.4 Å². The van der Waals surface area contributed by atoms with Crippen molar-refractivity contribution in [3.63, 3.8) is 0 Å². The lowest BCUT2D eigenvalue weighted by Crippen LogP contribution is -2.34. The summed E-state index contributed by atoms with van der Waals surface area (Å²) in [4.78, 5) is 0. The van der Waals surface area contributed by atoms with E-state index in [0.29, 0.717) is 12.1 Å². The van der Waals surface area contributed by atoms with Crippen molar-refractivity contribution < 1.29 is 44.3 Å². The van der Waals surface area contributed by atoms with Crippen molar-refractivity contribution in [2.24, 2.45) is 0 Å². The van der Waals surface area contributed by atoms with Crippen molar-refractivity contribution in [1.29, 1.82) is 0 Å². The summed E-state index contributed by atoms with van der Waals surface area (Å²) in [6.07, 6.45) is -16.9. The number of benzene rings is 2. The van der Waals surface area contributed by atoms with Crippen molar-refractivity contribution in [3.05, 3.63) is 53.6 Å². The van der Waals surface area contributed by atoms with Crippen molar-refractivity contribution in [2.75, 3.05) is 5.73 Å². The van der Waals surface area contributed by atoms with Gasteiger partial charge in [-0.2, -0.15) is 39.5 Å². The summed E-state index contributed by atoms with van der Waals surface area (Å²) >= 11 is 0. The number of nitrogen functional groups attached to an aromatic ring is 1. The van der Waals surface area contributed by atoms with E-state index in [9.17, 15) is 39.5 Å². The molecule has 0 aliphatic rings. The van der Waals surface area contributed by atoms with Gasteiger partial charge in [-0.25, -0.2) is 0 Å². The van der Waals surface area contributed by atoms with Crippen molar-refractivity contribution in [1.82, 2.24) is 0 Å². The first-order valence-electron chi connectivity index (χ1n) is 7.07. The van der Waals surface area contributed by atoms with Gasteiger partial charge < -0.3 is 10.5 Å². The molecule has 11 heteroatoms. The molecule has 0 atom stereocenters. The molecule has 0 spiro atoms. The van der Waals surface area contributed by atoms with Gasteiger partial charge in [0.15, 0.2) is 5.92 Å². The number of hydrogen-bond donors (Lipinski definition) is 1. The fourth-order valence-corrected chi connectivity index (χ4v) is 2.26. The van der Waals surface area contributed by atoms with Crippen LogP contribution in [0, 0.1) is 0 Å². The summed E-state index contributed by atoms with van der Waals surface area (Å²) in [5.74, 6) is -5.14. The van der Waals surface area contributed by atoms with Gasteiger partial charge in [-0.1, -0.05) is 6.07 Å². The van der Waals surface area contributed by atoms with Crippen molar-refractivity contribution in [2.45, 2.75) is 24.4 Å². The Kier molecular flexibility index (Phi) is 5.26. The number of halogens is 9. The lowest BCUT2D eigenvalue weighted by atomic mass is 9.95. The molecule has 0 heterocycles. The molecule has 0 radical (unpaired) electrons. The van der Waals surface area contributed by atoms with Crippen LogP contribution >= 0.6 is 0 Å². The second-order valence-electron chi connectivity index (χ2n) is 5.44. The molecule has 2 N–H and O–H groups in total. The molecule has 27 heavy (non-hydrogen) atoms. The monoisotopic (exact) mass is 403 g/mol. The van der Waals surface area contributed by atoms with Gasteiger partial charge in [-0.05, 0) is 42.0 Å². The Labute approximate surface area is 146 Å². The van der Waals surface area contributed by atoms with E-state index in [1.54, 1.807) is 0 Å². The van der Waals surface area contributed by atoms with Crippen molar-refractivity contribution >= 4 is 5.69 Å². The average molecular weight is 403 g/mol. The maximum Gasteiger partial charge on any atom is 0.419 e. The first-order valence-corrected chi connectivity index (χ1v) is 7.07. The second-order valence-corrected chi connectivity index (χ2v) is 5.44. The first-order chi connectivity index (χ1) is 12.2. The number of nitrogens with two attached hydrogens (primary N) is 1. The lowest BCUT2D eigenvalue weighted by molar-refractivity contribution is -0.253. The van der Waals surface area contributed by atoms with E-state index < -0.39 is 41.3 Å². The Morgan fingerprint density at radius 2 is 1.26 bits per heavy atom. The highest BCUT2D eigenvalue weighted by Gasteiger charge is 2.57. The smallest absolute Gasteiger partial charge is 0.419 e. The van der Waals surface area contributed by atoms with Gasteiger partial charge in [-0.3, -0.25) is 0 Å². The summed E-state index contributed by atoms with van der Waals surface area (Å²) in [5, 5.41) is 0. The minimum Gasteiger partial charge on any atom is -0.457 e. The van der Waals surface area contributed by atoms with Gasteiger partial charge in [0, 0.05) is 5.69 Å². The van der Waals surface area contributed by atoms with E-state index in [1.807, 2.05) is 0 Å². The molecule has 0 aliphatic carbocycles. The summed E-state index contributed by atoms with van der Waals surface area (Å²) in [6.45, 7) is 0. The maximum atomic E-state index is 13.2. The van der Waals surface area contributed by atoms with E-state index in [4.69, 9.17) is 10.5 Å². The van der Waals surface area contributed by atoms with Crippen LogP contribution in [0.25, 0.3) is 0 Å². The van der Waals surface area contributed by atoms with Gasteiger partial charge >= 0.3 is 18.5 Å². The van der Waals surface area contributed by atoms with E-state index in [0.717, 1.165) is 0 Å². The molecule has 0 saturated carbocycles. The molecule has 2 rings (SSSR count). The molecule has 2 nitrogen and oxygen atoms in total. The molecule has 0 bridgehead atoms. The van der Waals surface area contributed by atoms with Gasteiger partial charge in [0.1, 0.15) is 11.5 Å². The zero-order valence-corrected chi connectivity index (χ0v) is 13.0. The third-order valence-corrected chi connectivity index (χ3v) is 3.40. The largest absolute Gasteiger partial charge is 0.457 e.